The van der Waals surface area contributed by atoms with Crippen LogP contribution in [0.25, 0.3) is 0 Å². The molecule has 1 aromatic carbocycles. The number of nitrogens with one attached hydrogen (secondary N) is 1. The number of benzene rings is 1. The van der Waals surface area contributed by atoms with Gasteiger partial charge in [-0.15, -0.1) is 12.4 Å². The number of aryl methyl sites for hydroxylation is 1. The lowest BCUT2D eigenvalue weighted by Gasteiger charge is -2.31. The number of rotatable bonds is 3. The summed E-state index contributed by atoms with van der Waals surface area (Å²) in [6, 6.07) is 4.82. The van der Waals surface area contributed by atoms with E-state index >= 15 is 0 Å². The average Bonchev–Trinajstić information content (AvgIpc) is 2.48. The molecule has 1 unspecified atom stereocenters. The van der Waals surface area contributed by atoms with Gasteiger partial charge in [0.05, 0.1) is 6.04 Å². The van der Waals surface area contributed by atoms with Crippen molar-refractivity contribution < 1.29 is 9.59 Å². The topological polar surface area (TPSA) is 75.4 Å². The summed E-state index contributed by atoms with van der Waals surface area (Å²) in [7, 11) is 0. The first kappa shape index (κ1) is 19.5. The van der Waals surface area contributed by atoms with Crippen molar-refractivity contribution in [1.29, 1.82) is 0 Å². The van der Waals surface area contributed by atoms with E-state index in [1.165, 1.54) is 6.42 Å². The van der Waals surface area contributed by atoms with Gasteiger partial charge in [-0.05, 0) is 56.4 Å². The molecule has 6 heteroatoms. The minimum atomic E-state index is -0.560. The molecule has 0 aliphatic carbocycles. The van der Waals surface area contributed by atoms with Crippen LogP contribution >= 0.6 is 12.4 Å². The van der Waals surface area contributed by atoms with E-state index in [9.17, 15) is 9.59 Å². The fourth-order valence-corrected chi connectivity index (χ4v) is 2.74. The Morgan fingerprint density at radius 1 is 1.39 bits per heavy atom. The summed E-state index contributed by atoms with van der Waals surface area (Å²) in [5.41, 5.74) is 7.79. The number of hydrogen-bond acceptors (Lipinski definition) is 3. The molecule has 1 heterocycles. The van der Waals surface area contributed by atoms with E-state index in [1.807, 2.05) is 17.9 Å². The van der Waals surface area contributed by atoms with Gasteiger partial charge in [0.1, 0.15) is 0 Å². The summed E-state index contributed by atoms with van der Waals surface area (Å²) in [4.78, 5) is 26.1. The lowest BCUT2D eigenvalue weighted by atomic mass is 9.99. The van der Waals surface area contributed by atoms with Crippen molar-refractivity contribution in [2.75, 3.05) is 18.4 Å². The number of nitrogens with two attached hydrogens (primary N) is 1. The van der Waals surface area contributed by atoms with E-state index in [0.29, 0.717) is 17.2 Å². The zero-order valence-corrected chi connectivity index (χ0v) is 14.8. The fraction of sp³-hybridized carbons (Fsp3) is 0.529. The highest BCUT2D eigenvalue weighted by Crippen LogP contribution is 2.21. The van der Waals surface area contributed by atoms with Gasteiger partial charge >= 0.3 is 0 Å². The lowest BCUT2D eigenvalue weighted by molar-refractivity contribution is -0.117. The predicted octanol–water partition coefficient (Wildman–Crippen LogP) is 2.57. The van der Waals surface area contributed by atoms with Crippen molar-refractivity contribution in [2.45, 2.75) is 39.7 Å². The summed E-state index contributed by atoms with van der Waals surface area (Å²) in [5.74, 6) is 0.398. The van der Waals surface area contributed by atoms with Crippen LogP contribution in [0.2, 0.25) is 0 Å². The highest BCUT2D eigenvalue weighted by molar-refractivity contribution is 5.97. The molecule has 1 fully saturated rings. The third kappa shape index (κ3) is 4.94. The largest absolute Gasteiger partial charge is 0.338 e. The molecule has 2 rings (SSSR count). The molecule has 2 amide bonds. The lowest BCUT2D eigenvalue weighted by Crippen LogP contribution is -2.39. The van der Waals surface area contributed by atoms with Crippen molar-refractivity contribution in [3.05, 3.63) is 29.3 Å². The van der Waals surface area contributed by atoms with Crippen molar-refractivity contribution in [1.82, 2.24) is 4.90 Å². The van der Waals surface area contributed by atoms with Crippen LogP contribution in [0.15, 0.2) is 18.2 Å². The molecular formula is C17H26ClN3O2. The number of piperidine rings is 1. The van der Waals surface area contributed by atoms with Gasteiger partial charge in [0.25, 0.3) is 5.91 Å². The van der Waals surface area contributed by atoms with Gasteiger partial charge < -0.3 is 16.0 Å². The minimum Gasteiger partial charge on any atom is -0.338 e. The molecule has 0 saturated carbocycles. The van der Waals surface area contributed by atoms with Gasteiger partial charge in [0, 0.05) is 24.3 Å². The predicted molar refractivity (Wildman–Crippen MR) is 95.0 cm³/mol. The number of carbonyl (C=O) groups excluding carboxylic acids is 2. The molecule has 1 aliphatic rings. The van der Waals surface area contributed by atoms with E-state index in [2.05, 4.69) is 12.2 Å². The van der Waals surface area contributed by atoms with Crippen LogP contribution in [0.4, 0.5) is 5.69 Å². The quantitative estimate of drug-likeness (QED) is 0.888. The summed E-state index contributed by atoms with van der Waals surface area (Å²) < 4.78 is 0. The molecule has 0 aromatic heterocycles. The van der Waals surface area contributed by atoms with Gasteiger partial charge in [0.2, 0.25) is 5.91 Å². The van der Waals surface area contributed by atoms with Gasteiger partial charge in [0.15, 0.2) is 0 Å². The number of nitrogens with zero attached hydrogens (tertiary/aromatic N) is 1. The van der Waals surface area contributed by atoms with Gasteiger partial charge in [-0.25, -0.2) is 0 Å². The first-order chi connectivity index (χ1) is 10.4. The Morgan fingerprint density at radius 3 is 2.65 bits per heavy atom. The van der Waals surface area contributed by atoms with Crippen LogP contribution in [-0.4, -0.2) is 35.8 Å². The molecule has 0 radical (unpaired) electrons. The fourth-order valence-electron chi connectivity index (χ4n) is 2.74. The smallest absolute Gasteiger partial charge is 0.253 e. The van der Waals surface area contributed by atoms with Crippen molar-refractivity contribution >= 4 is 29.9 Å². The summed E-state index contributed by atoms with van der Waals surface area (Å²) >= 11 is 0. The molecule has 1 aliphatic heterocycles. The maximum Gasteiger partial charge on any atom is 0.253 e. The normalized spacial score (nSPS) is 18.8. The average molecular weight is 340 g/mol. The Balaban J connectivity index is 0.00000264. The zero-order valence-electron chi connectivity index (χ0n) is 14.0. The molecule has 1 saturated heterocycles. The molecule has 1 aromatic rings. The van der Waals surface area contributed by atoms with E-state index in [-0.39, 0.29) is 24.2 Å². The summed E-state index contributed by atoms with van der Waals surface area (Å²) in [5, 5.41) is 2.77. The van der Waals surface area contributed by atoms with Crippen LogP contribution in [0, 0.1) is 12.8 Å². The molecule has 23 heavy (non-hydrogen) atoms. The highest BCUT2D eigenvalue weighted by atomic mass is 35.5. The highest BCUT2D eigenvalue weighted by Gasteiger charge is 2.22. The van der Waals surface area contributed by atoms with Gasteiger partial charge in [-0.1, -0.05) is 6.92 Å². The molecule has 5 nitrogen and oxygen atoms in total. The molecule has 3 N–H and O–H groups in total. The van der Waals surface area contributed by atoms with Crippen LogP contribution in [0.3, 0.4) is 0 Å². The van der Waals surface area contributed by atoms with E-state index in [1.54, 1.807) is 19.1 Å². The van der Waals surface area contributed by atoms with Crippen molar-refractivity contribution in [3.63, 3.8) is 0 Å². The minimum absolute atomic E-state index is 0. The maximum absolute atomic E-state index is 12.6. The molecule has 2 atom stereocenters. The Morgan fingerprint density at radius 2 is 2.09 bits per heavy atom. The number of likely N-dealkylation sites (tertiary alicyclic amines) is 1. The molecular weight excluding hydrogens is 314 g/mol. The number of carbonyl (C=O) groups is 2. The SMILES string of the molecule is Cc1cc(C(=O)N2CCCC(C)C2)ccc1NC(=O)[C@H](C)N.Cl. The summed E-state index contributed by atoms with van der Waals surface area (Å²) in [6.07, 6.45) is 2.25. The first-order valence-electron chi connectivity index (χ1n) is 7.85. The van der Waals surface area contributed by atoms with Crippen LogP contribution in [0.1, 0.15) is 42.6 Å². The van der Waals surface area contributed by atoms with E-state index in [4.69, 9.17) is 5.73 Å². The van der Waals surface area contributed by atoms with Crippen LogP contribution < -0.4 is 11.1 Å². The summed E-state index contributed by atoms with van der Waals surface area (Å²) in [6.45, 7) is 7.34. The molecule has 128 valence electrons. The number of amides is 2. The number of halogens is 1. The van der Waals surface area contributed by atoms with Crippen LogP contribution in [0.5, 0.6) is 0 Å². The molecule has 0 bridgehead atoms. The second-order valence-electron chi connectivity index (χ2n) is 6.31. The Hall–Kier alpha value is -1.59. The zero-order chi connectivity index (χ0) is 16.3. The van der Waals surface area contributed by atoms with E-state index < -0.39 is 6.04 Å². The third-order valence-electron chi connectivity index (χ3n) is 4.09. The van der Waals surface area contributed by atoms with E-state index in [0.717, 1.165) is 25.1 Å². The van der Waals surface area contributed by atoms with Gasteiger partial charge in [-0.2, -0.15) is 0 Å². The Bertz CT molecular complexity index is 575. The first-order valence-corrected chi connectivity index (χ1v) is 7.85. The third-order valence-corrected chi connectivity index (χ3v) is 4.09. The van der Waals surface area contributed by atoms with Crippen molar-refractivity contribution in [2.24, 2.45) is 11.7 Å². The maximum atomic E-state index is 12.6. The Kier molecular flexibility index (Phi) is 7.03. The standard InChI is InChI=1S/C17H25N3O2.ClH/c1-11-5-4-8-20(10-11)17(22)14-6-7-15(12(2)9-14)19-16(21)13(3)18;/h6-7,9,11,13H,4-5,8,10,18H2,1-3H3,(H,19,21);1H/t11?,13-;/m0./s1. The van der Waals surface area contributed by atoms with Crippen molar-refractivity contribution in [3.8, 4) is 0 Å². The second-order valence-corrected chi connectivity index (χ2v) is 6.31. The van der Waals surface area contributed by atoms with Gasteiger partial charge in [-0.3, -0.25) is 9.59 Å². The monoisotopic (exact) mass is 339 g/mol. The second kappa shape index (κ2) is 8.31. The molecule has 0 spiro atoms. The number of hydrogen-bond donors (Lipinski definition) is 2. The Labute approximate surface area is 144 Å². The van der Waals surface area contributed by atoms with Crippen LogP contribution in [-0.2, 0) is 4.79 Å². The number of anilines is 1.